The van der Waals surface area contributed by atoms with E-state index in [4.69, 9.17) is 0 Å². The van der Waals surface area contributed by atoms with Crippen LogP contribution >= 0.6 is 0 Å². The van der Waals surface area contributed by atoms with Gasteiger partial charge in [0.15, 0.2) is 0 Å². The number of hydrogen-bond donors (Lipinski definition) is 0. The third-order valence-electron chi connectivity index (χ3n) is 2.64. The van der Waals surface area contributed by atoms with Gasteiger partial charge in [0.25, 0.3) is 0 Å². The van der Waals surface area contributed by atoms with Gasteiger partial charge < -0.3 is 0 Å². The van der Waals surface area contributed by atoms with Crippen LogP contribution in [0.4, 0.5) is 0 Å². The number of allylic oxidation sites excluding steroid dienone is 3. The predicted molar refractivity (Wildman–Crippen MR) is 89.1 cm³/mol. The van der Waals surface area contributed by atoms with Gasteiger partial charge in [-0.3, -0.25) is 4.98 Å². The van der Waals surface area contributed by atoms with Crippen LogP contribution in [0.5, 0.6) is 0 Å². The van der Waals surface area contributed by atoms with Gasteiger partial charge in [0.05, 0.1) is 5.69 Å². The lowest BCUT2D eigenvalue weighted by molar-refractivity contribution is 1.28. The van der Waals surface area contributed by atoms with Gasteiger partial charge in [-0.05, 0) is 28.8 Å². The standard InChI is InChI=1S/C11H11N.C8H8/c1-4-9(2)10(3)11-7-5-6-8-12-11;1-2-8-6-4-3-5-7-8/h4-8H,1-3H2;2-7H,1H2. The number of benzene rings is 1. The second kappa shape index (κ2) is 8.44. The summed E-state index contributed by atoms with van der Waals surface area (Å²) in [6.45, 7) is 14.9. The molecule has 0 saturated carbocycles. The van der Waals surface area contributed by atoms with E-state index in [1.54, 1.807) is 12.3 Å². The predicted octanol–water partition coefficient (Wildman–Crippen LogP) is 5.17. The maximum Gasteiger partial charge on any atom is 0.0701 e. The third kappa shape index (κ3) is 4.91. The van der Waals surface area contributed by atoms with Crippen molar-refractivity contribution < 1.29 is 0 Å². The van der Waals surface area contributed by atoms with Crippen molar-refractivity contribution >= 4 is 11.6 Å². The summed E-state index contributed by atoms with van der Waals surface area (Å²) in [4.78, 5) is 4.14. The van der Waals surface area contributed by atoms with E-state index in [0.717, 1.165) is 16.8 Å². The fourth-order valence-corrected chi connectivity index (χ4v) is 1.42. The maximum atomic E-state index is 4.14. The zero-order valence-corrected chi connectivity index (χ0v) is 11.6. The molecule has 0 saturated heterocycles. The Labute approximate surface area is 121 Å². The number of pyridine rings is 1. The third-order valence-corrected chi connectivity index (χ3v) is 2.64. The summed E-state index contributed by atoms with van der Waals surface area (Å²) < 4.78 is 0. The first-order valence-electron chi connectivity index (χ1n) is 6.28. The summed E-state index contributed by atoms with van der Waals surface area (Å²) in [6, 6.07) is 15.7. The van der Waals surface area contributed by atoms with Crippen molar-refractivity contribution in [1.82, 2.24) is 4.98 Å². The molecule has 1 heteroatoms. The highest BCUT2D eigenvalue weighted by atomic mass is 14.7. The lowest BCUT2D eigenvalue weighted by atomic mass is 10.1. The molecular formula is C19H19N. The van der Waals surface area contributed by atoms with Crippen molar-refractivity contribution in [3.8, 4) is 0 Å². The quantitative estimate of drug-likeness (QED) is 0.692. The Morgan fingerprint density at radius 1 is 0.900 bits per heavy atom. The van der Waals surface area contributed by atoms with E-state index in [-0.39, 0.29) is 0 Å². The van der Waals surface area contributed by atoms with Crippen LogP contribution in [0.3, 0.4) is 0 Å². The van der Waals surface area contributed by atoms with Crippen molar-refractivity contribution in [2.75, 3.05) is 0 Å². The fourth-order valence-electron chi connectivity index (χ4n) is 1.42. The molecule has 0 aliphatic heterocycles. The van der Waals surface area contributed by atoms with Crippen LogP contribution < -0.4 is 0 Å². The van der Waals surface area contributed by atoms with Crippen LogP contribution in [0.1, 0.15) is 11.3 Å². The van der Waals surface area contributed by atoms with Gasteiger partial charge in [-0.1, -0.05) is 74.9 Å². The van der Waals surface area contributed by atoms with Crippen molar-refractivity contribution in [3.05, 3.63) is 104 Å². The average molecular weight is 261 g/mol. The SMILES string of the molecule is C=CC(=C)C(=C)c1ccccn1.C=Cc1ccccc1. The monoisotopic (exact) mass is 261 g/mol. The molecule has 1 heterocycles. The molecule has 0 spiro atoms. The lowest BCUT2D eigenvalue weighted by Gasteiger charge is -2.02. The lowest BCUT2D eigenvalue weighted by Crippen LogP contribution is -1.87. The van der Waals surface area contributed by atoms with E-state index < -0.39 is 0 Å². The zero-order valence-electron chi connectivity index (χ0n) is 11.6. The summed E-state index contributed by atoms with van der Waals surface area (Å²) in [5, 5.41) is 0. The van der Waals surface area contributed by atoms with E-state index in [1.807, 2.05) is 54.6 Å². The summed E-state index contributed by atoms with van der Waals surface area (Å²) in [6.07, 6.45) is 5.24. The maximum absolute atomic E-state index is 4.14. The molecule has 1 aromatic heterocycles. The number of aromatic nitrogens is 1. The van der Waals surface area contributed by atoms with Crippen molar-refractivity contribution in [2.24, 2.45) is 0 Å². The van der Waals surface area contributed by atoms with Gasteiger partial charge >= 0.3 is 0 Å². The minimum atomic E-state index is 0.814. The number of rotatable bonds is 4. The molecule has 0 N–H and O–H groups in total. The van der Waals surface area contributed by atoms with Crippen molar-refractivity contribution in [2.45, 2.75) is 0 Å². The van der Waals surface area contributed by atoms with Gasteiger partial charge in [0, 0.05) is 6.20 Å². The van der Waals surface area contributed by atoms with Gasteiger partial charge in [-0.25, -0.2) is 0 Å². The molecule has 0 amide bonds. The van der Waals surface area contributed by atoms with E-state index >= 15 is 0 Å². The molecule has 0 unspecified atom stereocenters. The smallest absolute Gasteiger partial charge is 0.0701 e. The Bertz CT molecular complexity index is 580. The molecule has 20 heavy (non-hydrogen) atoms. The molecule has 2 rings (SSSR count). The van der Waals surface area contributed by atoms with Crippen LogP contribution in [0.25, 0.3) is 11.6 Å². The minimum Gasteiger partial charge on any atom is -0.256 e. The molecule has 0 bridgehead atoms. The Morgan fingerprint density at radius 3 is 2.00 bits per heavy atom. The van der Waals surface area contributed by atoms with Crippen LogP contribution in [0, 0.1) is 0 Å². The largest absolute Gasteiger partial charge is 0.256 e. The molecule has 0 aliphatic rings. The minimum absolute atomic E-state index is 0.814. The van der Waals surface area contributed by atoms with Crippen LogP contribution in [0.2, 0.25) is 0 Å². The number of hydrogen-bond acceptors (Lipinski definition) is 1. The number of nitrogens with zero attached hydrogens (tertiary/aromatic N) is 1. The summed E-state index contributed by atoms with van der Waals surface area (Å²) >= 11 is 0. The molecule has 1 aromatic carbocycles. The van der Waals surface area contributed by atoms with Crippen LogP contribution in [-0.4, -0.2) is 4.98 Å². The first-order chi connectivity index (χ1) is 9.69. The average Bonchev–Trinajstić information content (AvgIpc) is 2.55. The van der Waals surface area contributed by atoms with Gasteiger partial charge in [-0.2, -0.15) is 0 Å². The molecule has 0 radical (unpaired) electrons. The van der Waals surface area contributed by atoms with Crippen molar-refractivity contribution in [3.63, 3.8) is 0 Å². The second-order valence-electron chi connectivity index (χ2n) is 4.04. The van der Waals surface area contributed by atoms with E-state index in [2.05, 4.69) is 31.3 Å². The Balaban J connectivity index is 0.000000217. The van der Waals surface area contributed by atoms with E-state index in [0.29, 0.717) is 0 Å². The fraction of sp³-hybridized carbons (Fsp3) is 0. The summed E-state index contributed by atoms with van der Waals surface area (Å²) in [5.74, 6) is 0. The molecule has 2 aromatic rings. The Kier molecular flexibility index (Phi) is 6.49. The summed E-state index contributed by atoms with van der Waals surface area (Å²) in [5.41, 5.74) is 3.66. The van der Waals surface area contributed by atoms with Gasteiger partial charge in [0.2, 0.25) is 0 Å². The molecular weight excluding hydrogens is 242 g/mol. The highest BCUT2D eigenvalue weighted by Crippen LogP contribution is 2.17. The molecule has 100 valence electrons. The zero-order chi connectivity index (χ0) is 14.8. The van der Waals surface area contributed by atoms with E-state index in [9.17, 15) is 0 Å². The first kappa shape index (κ1) is 15.4. The highest BCUT2D eigenvalue weighted by Gasteiger charge is 1.99. The van der Waals surface area contributed by atoms with E-state index in [1.165, 1.54) is 5.56 Å². The topological polar surface area (TPSA) is 12.9 Å². The normalized spacial score (nSPS) is 8.80. The highest BCUT2D eigenvalue weighted by molar-refractivity contribution is 5.77. The molecule has 0 aliphatic carbocycles. The molecule has 0 atom stereocenters. The first-order valence-corrected chi connectivity index (χ1v) is 6.28. The van der Waals surface area contributed by atoms with Crippen LogP contribution in [0.15, 0.2) is 92.7 Å². The van der Waals surface area contributed by atoms with Crippen LogP contribution in [-0.2, 0) is 0 Å². The Morgan fingerprint density at radius 2 is 1.55 bits per heavy atom. The van der Waals surface area contributed by atoms with Crippen molar-refractivity contribution in [1.29, 1.82) is 0 Å². The molecule has 1 nitrogen and oxygen atoms in total. The molecule has 0 fully saturated rings. The Hall–Kier alpha value is -2.67. The second-order valence-corrected chi connectivity index (χ2v) is 4.04. The van der Waals surface area contributed by atoms with Gasteiger partial charge in [0.1, 0.15) is 0 Å². The van der Waals surface area contributed by atoms with Gasteiger partial charge in [-0.15, -0.1) is 0 Å². The summed E-state index contributed by atoms with van der Waals surface area (Å²) in [7, 11) is 0.